The second-order valence-corrected chi connectivity index (χ2v) is 12.0. The van der Waals surface area contributed by atoms with Crippen LogP contribution in [-0.4, -0.2) is 37.9 Å². The fourth-order valence-corrected chi connectivity index (χ4v) is 5.04. The van der Waals surface area contributed by atoms with Gasteiger partial charge >= 0.3 is 0 Å². The maximum absolute atomic E-state index is 13.3. The van der Waals surface area contributed by atoms with E-state index >= 15 is 0 Å². The van der Waals surface area contributed by atoms with Crippen molar-refractivity contribution < 1.29 is 13.2 Å². The normalized spacial score (nSPS) is 12.3. The third-order valence-electron chi connectivity index (χ3n) is 5.44. The number of halogens is 1. The number of rotatable bonds is 9. The van der Waals surface area contributed by atoms with E-state index in [1.165, 1.54) is 22.0 Å². The van der Waals surface area contributed by atoms with E-state index in [1.54, 1.807) is 18.3 Å². The Bertz CT molecular complexity index is 1250. The fourth-order valence-electron chi connectivity index (χ4n) is 3.38. The number of sulfonamides is 1. The van der Waals surface area contributed by atoms with Crippen molar-refractivity contribution in [1.82, 2.24) is 9.73 Å². The number of benzene rings is 3. The summed E-state index contributed by atoms with van der Waals surface area (Å²) in [6.45, 7) is 6.24. The molecule has 0 heterocycles. The number of amides is 1. The van der Waals surface area contributed by atoms with Crippen LogP contribution in [0.2, 0.25) is 0 Å². The zero-order valence-corrected chi connectivity index (χ0v) is 22.5. The molecule has 0 saturated carbocycles. The highest BCUT2D eigenvalue weighted by Gasteiger charge is 2.26. The Morgan fingerprint density at radius 1 is 0.971 bits per heavy atom. The van der Waals surface area contributed by atoms with Crippen LogP contribution in [0.3, 0.4) is 0 Å². The van der Waals surface area contributed by atoms with E-state index in [-0.39, 0.29) is 23.4 Å². The average Bonchev–Trinajstić information content (AvgIpc) is 2.82. The first kappa shape index (κ1) is 26.8. The topological polar surface area (TPSA) is 78.8 Å². The summed E-state index contributed by atoms with van der Waals surface area (Å²) in [4.78, 5) is 12.8. The SMILES string of the molecule is CC(C)(C)c1ccc(/C=N/NC(=O)CN(CCc2ccccc2)S(=O)(=O)c2ccc(Br)cc2)cc1. The second-order valence-electron chi connectivity index (χ2n) is 9.19. The van der Waals surface area contributed by atoms with Gasteiger partial charge in [0.1, 0.15) is 0 Å². The number of hydrazone groups is 1. The summed E-state index contributed by atoms with van der Waals surface area (Å²) in [5.74, 6) is -0.513. The summed E-state index contributed by atoms with van der Waals surface area (Å²) in [6.07, 6.45) is 2.02. The van der Waals surface area contributed by atoms with Crippen molar-refractivity contribution in [2.75, 3.05) is 13.1 Å². The first-order chi connectivity index (χ1) is 16.6. The van der Waals surface area contributed by atoms with E-state index in [0.29, 0.717) is 6.42 Å². The van der Waals surface area contributed by atoms with Crippen molar-refractivity contribution in [2.24, 2.45) is 5.10 Å². The molecular formula is C27H30BrN3O3S. The van der Waals surface area contributed by atoms with Crippen LogP contribution in [-0.2, 0) is 26.7 Å². The average molecular weight is 557 g/mol. The number of hydrogen-bond donors (Lipinski definition) is 1. The zero-order chi connectivity index (χ0) is 25.5. The largest absolute Gasteiger partial charge is 0.272 e. The van der Waals surface area contributed by atoms with Gasteiger partial charge in [0, 0.05) is 11.0 Å². The summed E-state index contributed by atoms with van der Waals surface area (Å²) in [5.41, 5.74) is 5.52. The predicted octanol–water partition coefficient (Wildman–Crippen LogP) is 5.13. The van der Waals surface area contributed by atoms with Gasteiger partial charge in [-0.15, -0.1) is 0 Å². The first-order valence-corrected chi connectivity index (χ1v) is 13.5. The van der Waals surface area contributed by atoms with Crippen molar-refractivity contribution in [3.63, 3.8) is 0 Å². The highest BCUT2D eigenvalue weighted by atomic mass is 79.9. The Morgan fingerprint density at radius 2 is 1.60 bits per heavy atom. The Kier molecular flexibility index (Phi) is 8.99. The lowest BCUT2D eigenvalue weighted by molar-refractivity contribution is -0.121. The van der Waals surface area contributed by atoms with Gasteiger partial charge in [0.2, 0.25) is 10.0 Å². The third-order valence-corrected chi connectivity index (χ3v) is 7.83. The van der Waals surface area contributed by atoms with Gasteiger partial charge < -0.3 is 0 Å². The third kappa shape index (κ3) is 7.85. The summed E-state index contributed by atoms with van der Waals surface area (Å²) in [5, 5.41) is 4.02. The molecule has 0 unspecified atom stereocenters. The van der Waals surface area contributed by atoms with E-state index in [4.69, 9.17) is 0 Å². The fraction of sp³-hybridized carbons (Fsp3) is 0.259. The molecule has 0 bridgehead atoms. The molecule has 0 fully saturated rings. The molecule has 0 aliphatic heterocycles. The molecule has 0 saturated heterocycles. The Hall–Kier alpha value is -2.81. The van der Waals surface area contributed by atoms with Crippen molar-refractivity contribution in [3.05, 3.63) is 100 Å². The highest BCUT2D eigenvalue weighted by molar-refractivity contribution is 9.10. The van der Waals surface area contributed by atoms with Crippen LogP contribution in [0.5, 0.6) is 0 Å². The molecule has 184 valence electrons. The number of carbonyl (C=O) groups is 1. The lowest BCUT2D eigenvalue weighted by Gasteiger charge is -2.21. The summed E-state index contributed by atoms with van der Waals surface area (Å²) in [6, 6.07) is 23.9. The monoisotopic (exact) mass is 555 g/mol. The molecule has 3 aromatic carbocycles. The van der Waals surface area contributed by atoms with Crippen LogP contribution >= 0.6 is 15.9 Å². The number of nitrogens with one attached hydrogen (secondary N) is 1. The molecule has 35 heavy (non-hydrogen) atoms. The molecule has 3 aromatic rings. The molecule has 0 spiro atoms. The lowest BCUT2D eigenvalue weighted by atomic mass is 9.87. The van der Waals surface area contributed by atoms with Crippen LogP contribution < -0.4 is 5.43 Å². The van der Waals surface area contributed by atoms with Crippen LogP contribution in [0.1, 0.15) is 37.5 Å². The van der Waals surface area contributed by atoms with Crippen molar-refractivity contribution >= 4 is 38.1 Å². The number of hydrogen-bond acceptors (Lipinski definition) is 4. The molecule has 8 heteroatoms. The van der Waals surface area contributed by atoms with E-state index < -0.39 is 15.9 Å². The van der Waals surface area contributed by atoms with Crippen molar-refractivity contribution in [1.29, 1.82) is 0 Å². The van der Waals surface area contributed by atoms with E-state index in [2.05, 4.69) is 47.2 Å². The highest BCUT2D eigenvalue weighted by Crippen LogP contribution is 2.22. The molecule has 6 nitrogen and oxygen atoms in total. The van der Waals surface area contributed by atoms with Gasteiger partial charge in [-0.3, -0.25) is 4.79 Å². The maximum atomic E-state index is 13.3. The first-order valence-electron chi connectivity index (χ1n) is 11.3. The molecular weight excluding hydrogens is 526 g/mol. The van der Waals surface area contributed by atoms with Crippen LogP contribution in [0.25, 0.3) is 0 Å². The van der Waals surface area contributed by atoms with Gasteiger partial charge in [0.25, 0.3) is 5.91 Å². The molecule has 0 aliphatic rings. The van der Waals surface area contributed by atoms with Gasteiger partial charge in [-0.1, -0.05) is 91.3 Å². The minimum atomic E-state index is -3.88. The van der Waals surface area contributed by atoms with Gasteiger partial charge in [0.15, 0.2) is 0 Å². The standard InChI is InChI=1S/C27H30BrN3O3S/c1-27(2,3)23-11-9-22(10-12-23)19-29-30-26(32)20-31(18-17-21-7-5-4-6-8-21)35(33,34)25-15-13-24(28)14-16-25/h4-16,19H,17-18,20H2,1-3H3,(H,30,32)/b29-19+. The molecule has 0 radical (unpaired) electrons. The Labute approximate surface area is 216 Å². The second kappa shape index (κ2) is 11.7. The smallest absolute Gasteiger partial charge is 0.255 e. The van der Waals surface area contributed by atoms with Gasteiger partial charge in [-0.2, -0.15) is 9.41 Å². The molecule has 1 N–H and O–H groups in total. The van der Waals surface area contributed by atoms with Gasteiger partial charge in [-0.25, -0.2) is 13.8 Å². The van der Waals surface area contributed by atoms with Gasteiger partial charge in [-0.05, 0) is 52.8 Å². The van der Waals surface area contributed by atoms with Gasteiger partial charge in [0.05, 0.1) is 17.7 Å². The summed E-state index contributed by atoms with van der Waals surface area (Å²) in [7, 11) is -3.88. The van der Waals surface area contributed by atoms with E-state index in [0.717, 1.165) is 15.6 Å². The number of carbonyl (C=O) groups excluding carboxylic acids is 1. The molecule has 0 atom stereocenters. The number of nitrogens with zero attached hydrogens (tertiary/aromatic N) is 2. The maximum Gasteiger partial charge on any atom is 0.255 e. The molecule has 3 rings (SSSR count). The predicted molar refractivity (Wildman–Crippen MR) is 144 cm³/mol. The van der Waals surface area contributed by atoms with Crippen LogP contribution in [0, 0.1) is 0 Å². The Balaban J connectivity index is 1.70. The Morgan fingerprint density at radius 3 is 2.20 bits per heavy atom. The minimum Gasteiger partial charge on any atom is -0.272 e. The van der Waals surface area contributed by atoms with E-state index in [1.807, 2.05) is 54.6 Å². The van der Waals surface area contributed by atoms with Crippen LogP contribution in [0.4, 0.5) is 0 Å². The van der Waals surface area contributed by atoms with Crippen molar-refractivity contribution in [3.8, 4) is 0 Å². The van der Waals surface area contributed by atoms with Crippen LogP contribution in [0.15, 0.2) is 93.3 Å². The quantitative estimate of drug-likeness (QED) is 0.293. The van der Waals surface area contributed by atoms with Crippen molar-refractivity contribution in [2.45, 2.75) is 37.5 Å². The molecule has 1 amide bonds. The molecule has 0 aromatic heterocycles. The minimum absolute atomic E-state index is 0.0490. The summed E-state index contributed by atoms with van der Waals surface area (Å²) >= 11 is 3.32. The molecule has 0 aliphatic carbocycles. The zero-order valence-electron chi connectivity index (χ0n) is 20.1. The van der Waals surface area contributed by atoms with E-state index in [9.17, 15) is 13.2 Å². The summed E-state index contributed by atoms with van der Waals surface area (Å²) < 4.78 is 28.6. The lowest BCUT2D eigenvalue weighted by Crippen LogP contribution is -2.40.